The van der Waals surface area contributed by atoms with Crippen LogP contribution in [0.15, 0.2) is 24.4 Å². The maximum absolute atomic E-state index is 6.35. The molecule has 0 spiro atoms. The molecule has 1 aromatic heterocycles. The van der Waals surface area contributed by atoms with Gasteiger partial charge < -0.3 is 10.1 Å². The maximum Gasteiger partial charge on any atom is 0.161 e. The molecule has 0 aliphatic heterocycles. The summed E-state index contributed by atoms with van der Waals surface area (Å²) in [6.07, 6.45) is 1.71. The molecule has 1 atom stereocenters. The van der Waals surface area contributed by atoms with E-state index < -0.39 is 0 Å². The summed E-state index contributed by atoms with van der Waals surface area (Å²) in [5.74, 6) is 0.707. The zero-order valence-electron chi connectivity index (χ0n) is 12.5. The molecule has 1 aromatic carbocycles. The lowest BCUT2D eigenvalue weighted by Crippen LogP contribution is -2.23. The highest BCUT2D eigenvalue weighted by atomic mass is 35.5. The van der Waals surface area contributed by atoms with Gasteiger partial charge in [0.15, 0.2) is 5.75 Å². The summed E-state index contributed by atoms with van der Waals surface area (Å²) in [4.78, 5) is 0. The predicted octanol–water partition coefficient (Wildman–Crippen LogP) is 4.09. The third-order valence-electron chi connectivity index (χ3n) is 3.36. The number of halogens is 2. The first-order chi connectivity index (χ1) is 10.0. The van der Waals surface area contributed by atoms with Gasteiger partial charge in [0, 0.05) is 21.7 Å². The van der Waals surface area contributed by atoms with Crippen molar-refractivity contribution in [3.8, 4) is 5.75 Å². The number of benzene rings is 1. The van der Waals surface area contributed by atoms with Gasteiger partial charge in [0.1, 0.15) is 5.69 Å². The second kappa shape index (κ2) is 6.69. The number of hydrogen-bond acceptors (Lipinski definition) is 3. The molecule has 4 nitrogen and oxygen atoms in total. The molecule has 2 aromatic rings. The molecule has 0 radical (unpaired) electrons. The number of aromatic nitrogens is 2. The SMILES string of the molecule is CNC(c1c(Cl)cccc1Cl)c1c(OC)cnn1C(C)C. The van der Waals surface area contributed by atoms with E-state index >= 15 is 0 Å². The maximum atomic E-state index is 6.35. The van der Waals surface area contributed by atoms with Crippen molar-refractivity contribution in [1.82, 2.24) is 15.1 Å². The number of ether oxygens (including phenoxy) is 1. The Hall–Kier alpha value is -1.23. The number of methoxy groups -OCH3 is 1. The van der Waals surface area contributed by atoms with Crippen molar-refractivity contribution in [3.63, 3.8) is 0 Å². The Balaban J connectivity index is 2.64. The fourth-order valence-electron chi connectivity index (χ4n) is 2.40. The van der Waals surface area contributed by atoms with Crippen LogP contribution in [0.1, 0.15) is 37.2 Å². The van der Waals surface area contributed by atoms with Crippen LogP contribution in [-0.4, -0.2) is 23.9 Å². The third kappa shape index (κ3) is 3.03. The van der Waals surface area contributed by atoms with Gasteiger partial charge in [-0.1, -0.05) is 29.3 Å². The van der Waals surface area contributed by atoms with Crippen LogP contribution < -0.4 is 10.1 Å². The third-order valence-corrected chi connectivity index (χ3v) is 4.02. The van der Waals surface area contributed by atoms with E-state index in [9.17, 15) is 0 Å². The molecular weight excluding hydrogens is 309 g/mol. The largest absolute Gasteiger partial charge is 0.493 e. The van der Waals surface area contributed by atoms with E-state index in [1.54, 1.807) is 13.3 Å². The van der Waals surface area contributed by atoms with Gasteiger partial charge in [0.2, 0.25) is 0 Å². The first kappa shape index (κ1) is 16.1. The Kier molecular flexibility index (Phi) is 5.14. The second-order valence-electron chi connectivity index (χ2n) is 4.99. The molecule has 0 fully saturated rings. The van der Waals surface area contributed by atoms with Gasteiger partial charge in [0.05, 0.1) is 19.3 Å². The molecule has 0 aliphatic carbocycles. The van der Waals surface area contributed by atoms with Crippen molar-refractivity contribution < 1.29 is 4.74 Å². The molecule has 1 N–H and O–H groups in total. The van der Waals surface area contributed by atoms with Crippen LogP contribution in [-0.2, 0) is 0 Å². The molecule has 1 heterocycles. The quantitative estimate of drug-likeness (QED) is 0.898. The van der Waals surface area contributed by atoms with Gasteiger partial charge in [-0.15, -0.1) is 0 Å². The minimum absolute atomic E-state index is 0.195. The highest BCUT2D eigenvalue weighted by molar-refractivity contribution is 6.36. The van der Waals surface area contributed by atoms with Crippen molar-refractivity contribution in [2.24, 2.45) is 0 Å². The normalized spacial score (nSPS) is 12.7. The van der Waals surface area contributed by atoms with Crippen LogP contribution in [0, 0.1) is 0 Å². The minimum atomic E-state index is -0.203. The average molecular weight is 328 g/mol. The van der Waals surface area contributed by atoms with Crippen LogP contribution in [0.2, 0.25) is 10.0 Å². The smallest absolute Gasteiger partial charge is 0.161 e. The van der Waals surface area contributed by atoms with Gasteiger partial charge >= 0.3 is 0 Å². The molecule has 21 heavy (non-hydrogen) atoms. The minimum Gasteiger partial charge on any atom is -0.493 e. The highest BCUT2D eigenvalue weighted by Crippen LogP contribution is 2.38. The fourth-order valence-corrected chi connectivity index (χ4v) is 3.02. The molecule has 1 unspecified atom stereocenters. The second-order valence-corrected chi connectivity index (χ2v) is 5.81. The van der Waals surface area contributed by atoms with Gasteiger partial charge in [-0.3, -0.25) is 4.68 Å². The topological polar surface area (TPSA) is 39.1 Å². The van der Waals surface area contributed by atoms with E-state index in [-0.39, 0.29) is 12.1 Å². The lowest BCUT2D eigenvalue weighted by Gasteiger charge is -2.23. The highest BCUT2D eigenvalue weighted by Gasteiger charge is 2.26. The Bertz CT molecular complexity index is 605. The zero-order chi connectivity index (χ0) is 15.6. The molecular formula is C15H19Cl2N3O. The van der Waals surface area contributed by atoms with Crippen molar-refractivity contribution >= 4 is 23.2 Å². The summed E-state index contributed by atoms with van der Waals surface area (Å²) in [7, 11) is 3.49. The van der Waals surface area contributed by atoms with E-state index in [1.807, 2.05) is 29.9 Å². The first-order valence-corrected chi connectivity index (χ1v) is 7.49. The van der Waals surface area contributed by atoms with Crippen molar-refractivity contribution in [2.75, 3.05) is 14.2 Å². The molecule has 0 saturated carbocycles. The molecule has 0 saturated heterocycles. The van der Waals surface area contributed by atoms with Crippen molar-refractivity contribution in [2.45, 2.75) is 25.9 Å². The monoisotopic (exact) mass is 327 g/mol. The summed E-state index contributed by atoms with van der Waals surface area (Å²) < 4.78 is 7.37. The van der Waals surface area contributed by atoms with Crippen molar-refractivity contribution in [1.29, 1.82) is 0 Å². The summed E-state index contributed by atoms with van der Waals surface area (Å²) in [5, 5.41) is 8.89. The van der Waals surface area contributed by atoms with Crippen LogP contribution in [0.3, 0.4) is 0 Å². The van der Waals surface area contributed by atoms with Gasteiger partial charge in [0.25, 0.3) is 0 Å². The molecule has 6 heteroatoms. The van der Waals surface area contributed by atoms with Gasteiger partial charge in [-0.25, -0.2) is 0 Å². The number of hydrogen-bond donors (Lipinski definition) is 1. The summed E-state index contributed by atoms with van der Waals surface area (Å²) in [5.41, 5.74) is 1.73. The first-order valence-electron chi connectivity index (χ1n) is 6.73. The molecule has 0 amide bonds. The Morgan fingerprint density at radius 1 is 1.24 bits per heavy atom. The van der Waals surface area contributed by atoms with Crippen LogP contribution in [0.4, 0.5) is 0 Å². The zero-order valence-corrected chi connectivity index (χ0v) is 14.0. The average Bonchev–Trinajstić information content (AvgIpc) is 2.86. The Labute approximate surface area is 135 Å². The van der Waals surface area contributed by atoms with E-state index in [0.717, 1.165) is 11.3 Å². The lowest BCUT2D eigenvalue weighted by molar-refractivity contribution is 0.396. The van der Waals surface area contributed by atoms with E-state index in [1.165, 1.54) is 0 Å². The molecule has 0 aliphatic rings. The van der Waals surface area contributed by atoms with E-state index in [4.69, 9.17) is 27.9 Å². The Morgan fingerprint density at radius 3 is 2.33 bits per heavy atom. The number of nitrogens with zero attached hydrogens (tertiary/aromatic N) is 2. The lowest BCUT2D eigenvalue weighted by atomic mass is 10.0. The Morgan fingerprint density at radius 2 is 1.86 bits per heavy atom. The van der Waals surface area contributed by atoms with Gasteiger partial charge in [-0.2, -0.15) is 5.10 Å². The van der Waals surface area contributed by atoms with Crippen LogP contribution >= 0.6 is 23.2 Å². The standard InChI is InChI=1S/C15H19Cl2N3O/c1-9(2)20-15(12(21-4)8-19-20)14(18-3)13-10(16)6-5-7-11(13)17/h5-9,14,18H,1-4H3. The summed E-state index contributed by atoms with van der Waals surface area (Å²) >= 11 is 12.7. The van der Waals surface area contributed by atoms with Gasteiger partial charge in [-0.05, 0) is 33.0 Å². The molecule has 0 bridgehead atoms. The van der Waals surface area contributed by atoms with Crippen LogP contribution in [0.25, 0.3) is 0 Å². The van der Waals surface area contributed by atoms with E-state index in [0.29, 0.717) is 15.8 Å². The molecule has 114 valence electrons. The summed E-state index contributed by atoms with van der Waals surface area (Å²) in [6.45, 7) is 4.13. The van der Waals surface area contributed by atoms with Crippen LogP contribution in [0.5, 0.6) is 5.75 Å². The fraction of sp³-hybridized carbons (Fsp3) is 0.400. The van der Waals surface area contributed by atoms with Crippen molar-refractivity contribution in [3.05, 3.63) is 45.7 Å². The van der Waals surface area contributed by atoms with E-state index in [2.05, 4.69) is 24.3 Å². The number of rotatable bonds is 5. The summed E-state index contributed by atoms with van der Waals surface area (Å²) in [6, 6.07) is 5.48. The number of nitrogens with one attached hydrogen (secondary N) is 1. The predicted molar refractivity (Wildman–Crippen MR) is 86.5 cm³/mol. The molecule has 2 rings (SSSR count).